The van der Waals surface area contributed by atoms with Crippen LogP contribution in [-0.4, -0.2) is 28.6 Å². The predicted molar refractivity (Wildman–Crippen MR) is 66.6 cm³/mol. The Kier molecular flexibility index (Phi) is 4.14. The van der Waals surface area contributed by atoms with Crippen LogP contribution in [0.3, 0.4) is 0 Å². The van der Waals surface area contributed by atoms with Gasteiger partial charge >= 0.3 is 5.97 Å². The molecule has 1 aliphatic rings. The van der Waals surface area contributed by atoms with E-state index in [0.717, 1.165) is 12.5 Å². The third kappa shape index (κ3) is 3.50. The summed E-state index contributed by atoms with van der Waals surface area (Å²) in [6, 6.07) is 3.64. The van der Waals surface area contributed by atoms with Crippen molar-refractivity contribution in [1.29, 1.82) is 0 Å². The Labute approximate surface area is 110 Å². The molecule has 0 aliphatic carbocycles. The van der Waals surface area contributed by atoms with Crippen LogP contribution in [0.25, 0.3) is 0 Å². The molecule has 2 unspecified atom stereocenters. The molecule has 0 spiro atoms. The first-order valence-electron chi connectivity index (χ1n) is 6.37. The molecule has 19 heavy (non-hydrogen) atoms. The van der Waals surface area contributed by atoms with Crippen molar-refractivity contribution in [2.24, 2.45) is 5.92 Å². The summed E-state index contributed by atoms with van der Waals surface area (Å²) in [5.74, 6) is -2.40. The highest BCUT2D eigenvalue weighted by atomic mass is 19.1. The van der Waals surface area contributed by atoms with Gasteiger partial charge in [0.05, 0.1) is 5.92 Å². The van der Waals surface area contributed by atoms with Crippen molar-refractivity contribution in [2.45, 2.75) is 32.4 Å². The van der Waals surface area contributed by atoms with Gasteiger partial charge in [0.1, 0.15) is 11.6 Å². The summed E-state index contributed by atoms with van der Waals surface area (Å²) in [4.78, 5) is 13.0. The maximum Gasteiger partial charge on any atom is 0.307 e. The standard InChI is InChI=1S/C14H17F2NO2/c1-9-2-3-11(14(18)19)8-17(9)7-10-4-12(15)6-13(16)5-10/h4-6,9,11H,2-3,7-8H2,1H3,(H,18,19). The van der Waals surface area contributed by atoms with Crippen molar-refractivity contribution >= 4 is 5.97 Å². The average molecular weight is 269 g/mol. The zero-order chi connectivity index (χ0) is 14.0. The van der Waals surface area contributed by atoms with Crippen LogP contribution >= 0.6 is 0 Å². The number of likely N-dealkylation sites (tertiary alicyclic amines) is 1. The second-order valence-corrected chi connectivity index (χ2v) is 5.17. The largest absolute Gasteiger partial charge is 0.481 e. The van der Waals surface area contributed by atoms with Crippen LogP contribution in [0, 0.1) is 17.6 Å². The lowest BCUT2D eigenvalue weighted by Gasteiger charge is -2.36. The first kappa shape index (κ1) is 13.9. The molecule has 1 aromatic rings. The molecule has 104 valence electrons. The van der Waals surface area contributed by atoms with E-state index < -0.39 is 23.5 Å². The quantitative estimate of drug-likeness (QED) is 0.917. The van der Waals surface area contributed by atoms with E-state index in [1.54, 1.807) is 0 Å². The molecular weight excluding hydrogens is 252 g/mol. The molecule has 2 rings (SSSR count). The Morgan fingerprint density at radius 2 is 1.95 bits per heavy atom. The van der Waals surface area contributed by atoms with Gasteiger partial charge in [-0.1, -0.05) is 0 Å². The molecule has 1 aromatic carbocycles. The number of hydrogen-bond donors (Lipinski definition) is 1. The molecule has 0 aromatic heterocycles. The minimum atomic E-state index is -0.803. The van der Waals surface area contributed by atoms with E-state index in [9.17, 15) is 13.6 Å². The van der Waals surface area contributed by atoms with Gasteiger partial charge < -0.3 is 5.11 Å². The van der Waals surface area contributed by atoms with Gasteiger partial charge in [-0.15, -0.1) is 0 Å². The first-order chi connectivity index (χ1) is 8.95. The van der Waals surface area contributed by atoms with Crippen LogP contribution < -0.4 is 0 Å². The van der Waals surface area contributed by atoms with E-state index in [2.05, 4.69) is 0 Å². The minimum Gasteiger partial charge on any atom is -0.481 e. The smallest absolute Gasteiger partial charge is 0.307 e. The maximum atomic E-state index is 13.1. The van der Waals surface area contributed by atoms with Gasteiger partial charge in [0.15, 0.2) is 0 Å². The van der Waals surface area contributed by atoms with Gasteiger partial charge in [-0.25, -0.2) is 8.78 Å². The van der Waals surface area contributed by atoms with Crippen LogP contribution in [0.2, 0.25) is 0 Å². The van der Waals surface area contributed by atoms with Crippen molar-refractivity contribution in [2.75, 3.05) is 6.54 Å². The number of carboxylic acid groups (broad SMARTS) is 1. The van der Waals surface area contributed by atoms with Crippen molar-refractivity contribution in [3.05, 3.63) is 35.4 Å². The molecule has 1 heterocycles. The second kappa shape index (κ2) is 5.65. The Bertz CT molecular complexity index is 458. The number of rotatable bonds is 3. The predicted octanol–water partition coefficient (Wildman–Crippen LogP) is 2.65. The van der Waals surface area contributed by atoms with Crippen LogP contribution in [0.1, 0.15) is 25.3 Å². The Morgan fingerprint density at radius 3 is 2.53 bits per heavy atom. The van der Waals surface area contributed by atoms with Crippen LogP contribution in [0.4, 0.5) is 8.78 Å². The van der Waals surface area contributed by atoms with E-state index in [-0.39, 0.29) is 6.04 Å². The van der Waals surface area contributed by atoms with Crippen molar-refractivity contribution < 1.29 is 18.7 Å². The molecule has 0 radical (unpaired) electrons. The summed E-state index contributed by atoms with van der Waals surface area (Å²) in [6.45, 7) is 2.81. The van der Waals surface area contributed by atoms with Crippen LogP contribution in [0.15, 0.2) is 18.2 Å². The third-order valence-corrected chi connectivity index (χ3v) is 3.67. The van der Waals surface area contributed by atoms with E-state index in [1.165, 1.54) is 12.1 Å². The van der Waals surface area contributed by atoms with Crippen molar-refractivity contribution in [1.82, 2.24) is 4.90 Å². The molecule has 2 atom stereocenters. The lowest BCUT2D eigenvalue weighted by atomic mass is 9.93. The fraction of sp³-hybridized carbons (Fsp3) is 0.500. The topological polar surface area (TPSA) is 40.5 Å². The minimum absolute atomic E-state index is 0.224. The summed E-state index contributed by atoms with van der Waals surface area (Å²) in [6.07, 6.45) is 1.44. The number of hydrogen-bond acceptors (Lipinski definition) is 2. The SMILES string of the molecule is CC1CCC(C(=O)O)CN1Cc1cc(F)cc(F)c1. The summed E-state index contributed by atoms with van der Waals surface area (Å²) < 4.78 is 26.3. The number of halogens is 2. The number of aliphatic carboxylic acids is 1. The van der Waals surface area contributed by atoms with Gasteiger partial charge in [0, 0.05) is 25.2 Å². The number of benzene rings is 1. The Morgan fingerprint density at radius 1 is 1.32 bits per heavy atom. The highest BCUT2D eigenvalue weighted by molar-refractivity contribution is 5.70. The third-order valence-electron chi connectivity index (χ3n) is 3.67. The van der Waals surface area contributed by atoms with Gasteiger partial charge in [0.2, 0.25) is 0 Å². The van der Waals surface area contributed by atoms with Gasteiger partial charge in [-0.3, -0.25) is 9.69 Å². The highest BCUT2D eigenvalue weighted by Crippen LogP contribution is 2.24. The van der Waals surface area contributed by atoms with E-state index in [4.69, 9.17) is 5.11 Å². The zero-order valence-electron chi connectivity index (χ0n) is 10.8. The number of nitrogens with zero attached hydrogens (tertiary/aromatic N) is 1. The molecule has 1 fully saturated rings. The highest BCUT2D eigenvalue weighted by Gasteiger charge is 2.29. The van der Waals surface area contributed by atoms with E-state index in [0.29, 0.717) is 25.1 Å². The summed E-state index contributed by atoms with van der Waals surface area (Å²) >= 11 is 0. The molecule has 0 saturated carbocycles. The second-order valence-electron chi connectivity index (χ2n) is 5.17. The van der Waals surface area contributed by atoms with E-state index >= 15 is 0 Å². The van der Waals surface area contributed by atoms with Gasteiger partial charge in [-0.05, 0) is 37.5 Å². The number of carboxylic acids is 1. The molecule has 0 amide bonds. The zero-order valence-corrected chi connectivity index (χ0v) is 10.8. The summed E-state index contributed by atoms with van der Waals surface area (Å²) in [5, 5.41) is 9.05. The fourth-order valence-corrected chi connectivity index (χ4v) is 2.54. The number of carbonyl (C=O) groups is 1. The molecular formula is C14H17F2NO2. The molecule has 1 saturated heterocycles. The van der Waals surface area contributed by atoms with Crippen LogP contribution in [0.5, 0.6) is 0 Å². The molecule has 1 N–H and O–H groups in total. The fourth-order valence-electron chi connectivity index (χ4n) is 2.54. The van der Waals surface area contributed by atoms with Crippen LogP contribution in [-0.2, 0) is 11.3 Å². The number of piperidine rings is 1. The summed E-state index contributed by atoms with van der Waals surface area (Å²) in [7, 11) is 0. The van der Waals surface area contributed by atoms with E-state index in [1.807, 2.05) is 11.8 Å². The Hall–Kier alpha value is -1.49. The summed E-state index contributed by atoms with van der Waals surface area (Å²) in [5.41, 5.74) is 0.537. The first-order valence-corrected chi connectivity index (χ1v) is 6.37. The lowest BCUT2D eigenvalue weighted by Crippen LogP contribution is -2.43. The molecule has 0 bridgehead atoms. The maximum absolute atomic E-state index is 13.1. The average Bonchev–Trinajstić information content (AvgIpc) is 2.30. The lowest BCUT2D eigenvalue weighted by molar-refractivity contribution is -0.144. The van der Waals surface area contributed by atoms with Gasteiger partial charge in [-0.2, -0.15) is 0 Å². The molecule has 3 nitrogen and oxygen atoms in total. The normalized spacial score (nSPS) is 24.4. The molecule has 5 heteroatoms. The Balaban J connectivity index is 2.09. The van der Waals surface area contributed by atoms with Crippen molar-refractivity contribution in [3.8, 4) is 0 Å². The monoisotopic (exact) mass is 269 g/mol. The van der Waals surface area contributed by atoms with Crippen molar-refractivity contribution in [3.63, 3.8) is 0 Å². The molecule has 1 aliphatic heterocycles. The van der Waals surface area contributed by atoms with Gasteiger partial charge in [0.25, 0.3) is 0 Å².